The summed E-state index contributed by atoms with van der Waals surface area (Å²) in [5.74, 6) is -0.313. The van der Waals surface area contributed by atoms with E-state index in [1.807, 2.05) is 13.8 Å². The zero-order chi connectivity index (χ0) is 14.9. The first-order valence-corrected chi connectivity index (χ1v) is 6.77. The van der Waals surface area contributed by atoms with Crippen LogP contribution in [0.25, 0.3) is 5.69 Å². The number of hydrogen-bond acceptors (Lipinski definition) is 3. The maximum atomic E-state index is 13.8. The Kier molecular flexibility index (Phi) is 4.18. The molecule has 20 heavy (non-hydrogen) atoms. The SMILES string of the molecule is CCCOc1cc(-n2nc(C)c(Cl)c2C)c(N)cc1F. The summed E-state index contributed by atoms with van der Waals surface area (Å²) in [6, 6.07) is 2.79. The molecule has 108 valence electrons. The van der Waals surface area contributed by atoms with Crippen LogP contribution < -0.4 is 10.5 Å². The van der Waals surface area contributed by atoms with Crippen LogP contribution in [0.1, 0.15) is 24.7 Å². The van der Waals surface area contributed by atoms with Crippen molar-refractivity contribution in [1.82, 2.24) is 9.78 Å². The predicted molar refractivity (Wildman–Crippen MR) is 78.2 cm³/mol. The van der Waals surface area contributed by atoms with Crippen LogP contribution in [0.2, 0.25) is 5.02 Å². The summed E-state index contributed by atoms with van der Waals surface area (Å²) < 4.78 is 20.8. The second-order valence-electron chi connectivity index (χ2n) is 4.59. The minimum atomic E-state index is -0.479. The van der Waals surface area contributed by atoms with Crippen molar-refractivity contribution in [2.75, 3.05) is 12.3 Å². The molecule has 0 bridgehead atoms. The smallest absolute Gasteiger partial charge is 0.167 e. The van der Waals surface area contributed by atoms with E-state index >= 15 is 0 Å². The minimum absolute atomic E-state index is 0.166. The summed E-state index contributed by atoms with van der Waals surface area (Å²) in [4.78, 5) is 0. The molecule has 2 rings (SSSR count). The Labute approximate surface area is 122 Å². The van der Waals surface area contributed by atoms with Gasteiger partial charge >= 0.3 is 0 Å². The van der Waals surface area contributed by atoms with Crippen LogP contribution in [0.15, 0.2) is 12.1 Å². The molecule has 0 unspecified atom stereocenters. The molecule has 1 heterocycles. The fraction of sp³-hybridized carbons (Fsp3) is 0.357. The number of aryl methyl sites for hydroxylation is 1. The lowest BCUT2D eigenvalue weighted by atomic mass is 10.2. The zero-order valence-corrected chi connectivity index (χ0v) is 12.5. The molecular formula is C14H17ClFN3O. The average Bonchev–Trinajstić information content (AvgIpc) is 2.66. The van der Waals surface area contributed by atoms with E-state index in [9.17, 15) is 4.39 Å². The molecule has 1 aromatic carbocycles. The Morgan fingerprint density at radius 2 is 2.10 bits per heavy atom. The van der Waals surface area contributed by atoms with Gasteiger partial charge in [-0.1, -0.05) is 18.5 Å². The number of halogens is 2. The summed E-state index contributed by atoms with van der Waals surface area (Å²) >= 11 is 6.13. The van der Waals surface area contributed by atoms with Crippen LogP contribution in [0, 0.1) is 19.7 Å². The fourth-order valence-electron chi connectivity index (χ4n) is 1.92. The maximum Gasteiger partial charge on any atom is 0.167 e. The normalized spacial score (nSPS) is 10.8. The molecule has 0 aliphatic rings. The fourth-order valence-corrected chi connectivity index (χ4v) is 2.04. The van der Waals surface area contributed by atoms with Crippen LogP contribution in [0.5, 0.6) is 5.75 Å². The van der Waals surface area contributed by atoms with Gasteiger partial charge in [0.2, 0.25) is 0 Å². The number of nitrogens with zero attached hydrogens (tertiary/aromatic N) is 2. The molecule has 0 saturated carbocycles. The highest BCUT2D eigenvalue weighted by atomic mass is 35.5. The van der Waals surface area contributed by atoms with Gasteiger partial charge in [-0.15, -0.1) is 0 Å². The van der Waals surface area contributed by atoms with Gasteiger partial charge in [0.25, 0.3) is 0 Å². The molecule has 0 atom stereocenters. The molecule has 6 heteroatoms. The van der Waals surface area contributed by atoms with Crippen LogP contribution in [0.3, 0.4) is 0 Å². The molecule has 0 fully saturated rings. The number of benzene rings is 1. The molecule has 0 aliphatic carbocycles. The van der Waals surface area contributed by atoms with Gasteiger partial charge < -0.3 is 10.5 Å². The van der Waals surface area contributed by atoms with Gasteiger partial charge in [-0.2, -0.15) is 5.10 Å². The van der Waals surface area contributed by atoms with Crippen LogP contribution >= 0.6 is 11.6 Å². The van der Waals surface area contributed by atoms with Crippen molar-refractivity contribution in [2.24, 2.45) is 0 Å². The maximum absolute atomic E-state index is 13.8. The molecule has 4 nitrogen and oxygen atoms in total. The number of anilines is 1. The number of aromatic nitrogens is 2. The quantitative estimate of drug-likeness (QED) is 0.876. The summed E-state index contributed by atoms with van der Waals surface area (Å²) in [6.07, 6.45) is 0.797. The molecule has 2 N–H and O–H groups in total. The third kappa shape index (κ3) is 2.58. The van der Waals surface area contributed by atoms with E-state index < -0.39 is 5.82 Å². The van der Waals surface area contributed by atoms with Crippen molar-refractivity contribution in [3.05, 3.63) is 34.4 Å². The standard InChI is InChI=1S/C14H17ClFN3O/c1-4-5-20-13-7-12(11(17)6-10(13)16)19-9(3)14(15)8(2)18-19/h6-7H,4-5,17H2,1-3H3. The molecule has 2 aromatic rings. The van der Waals surface area contributed by atoms with E-state index in [-0.39, 0.29) is 11.4 Å². The Bertz CT molecular complexity index is 640. The van der Waals surface area contributed by atoms with Crippen molar-refractivity contribution in [2.45, 2.75) is 27.2 Å². The summed E-state index contributed by atoms with van der Waals surface area (Å²) in [7, 11) is 0. The van der Waals surface area contributed by atoms with Crippen LogP contribution in [-0.4, -0.2) is 16.4 Å². The third-order valence-electron chi connectivity index (χ3n) is 2.97. The Balaban J connectivity index is 2.53. The first kappa shape index (κ1) is 14.7. The van der Waals surface area contributed by atoms with Crippen LogP contribution in [0.4, 0.5) is 10.1 Å². The molecule has 0 spiro atoms. The second-order valence-corrected chi connectivity index (χ2v) is 4.96. The zero-order valence-electron chi connectivity index (χ0n) is 11.7. The lowest BCUT2D eigenvalue weighted by molar-refractivity contribution is 0.301. The van der Waals surface area contributed by atoms with Gasteiger partial charge in [0, 0.05) is 12.1 Å². The van der Waals surface area contributed by atoms with E-state index in [2.05, 4.69) is 5.10 Å². The monoisotopic (exact) mass is 297 g/mol. The van der Waals surface area contributed by atoms with Gasteiger partial charge in [0.05, 0.1) is 34.4 Å². The highest BCUT2D eigenvalue weighted by Gasteiger charge is 2.16. The molecule has 1 aromatic heterocycles. The second kappa shape index (κ2) is 5.71. The number of hydrogen-bond donors (Lipinski definition) is 1. The first-order chi connectivity index (χ1) is 9.45. The van der Waals surface area contributed by atoms with E-state index in [1.54, 1.807) is 17.7 Å². The van der Waals surface area contributed by atoms with Gasteiger partial charge in [-0.25, -0.2) is 9.07 Å². The summed E-state index contributed by atoms with van der Waals surface area (Å²) in [5.41, 5.74) is 8.18. The van der Waals surface area contributed by atoms with E-state index in [4.69, 9.17) is 22.1 Å². The predicted octanol–water partition coefficient (Wildman–Crippen LogP) is 3.65. The van der Waals surface area contributed by atoms with Crippen molar-refractivity contribution in [3.63, 3.8) is 0 Å². The number of nitrogens with two attached hydrogens (primary N) is 1. The third-order valence-corrected chi connectivity index (χ3v) is 3.52. The number of ether oxygens (including phenoxy) is 1. The van der Waals surface area contributed by atoms with Gasteiger partial charge in [-0.05, 0) is 20.3 Å². The largest absolute Gasteiger partial charge is 0.490 e. The minimum Gasteiger partial charge on any atom is -0.490 e. The Morgan fingerprint density at radius 3 is 2.65 bits per heavy atom. The van der Waals surface area contributed by atoms with Crippen molar-refractivity contribution < 1.29 is 9.13 Å². The number of nitrogen functional groups attached to an aromatic ring is 1. The van der Waals surface area contributed by atoms with Crippen LogP contribution in [-0.2, 0) is 0 Å². The van der Waals surface area contributed by atoms with Gasteiger partial charge in [0.1, 0.15) is 0 Å². The van der Waals surface area contributed by atoms with Crippen molar-refractivity contribution >= 4 is 17.3 Å². The van der Waals surface area contributed by atoms with E-state index in [0.29, 0.717) is 23.0 Å². The van der Waals surface area contributed by atoms with Crippen molar-refractivity contribution in [3.8, 4) is 11.4 Å². The molecule has 0 saturated heterocycles. The molecule has 0 radical (unpaired) electrons. The molecular weight excluding hydrogens is 281 g/mol. The topological polar surface area (TPSA) is 53.1 Å². The van der Waals surface area contributed by atoms with Gasteiger partial charge in [-0.3, -0.25) is 0 Å². The summed E-state index contributed by atoms with van der Waals surface area (Å²) in [6.45, 7) is 6.03. The Hall–Kier alpha value is -1.75. The highest BCUT2D eigenvalue weighted by Crippen LogP contribution is 2.30. The Morgan fingerprint density at radius 1 is 1.40 bits per heavy atom. The van der Waals surface area contributed by atoms with Gasteiger partial charge in [0.15, 0.2) is 11.6 Å². The lowest BCUT2D eigenvalue weighted by Crippen LogP contribution is -2.06. The highest BCUT2D eigenvalue weighted by molar-refractivity contribution is 6.31. The average molecular weight is 298 g/mol. The summed E-state index contributed by atoms with van der Waals surface area (Å²) in [5, 5.41) is 4.89. The van der Waals surface area contributed by atoms with Crippen molar-refractivity contribution in [1.29, 1.82) is 0 Å². The molecule has 0 amide bonds. The lowest BCUT2D eigenvalue weighted by Gasteiger charge is -2.12. The van der Waals surface area contributed by atoms with E-state index in [1.165, 1.54) is 6.07 Å². The first-order valence-electron chi connectivity index (χ1n) is 6.39. The molecule has 0 aliphatic heterocycles. The van der Waals surface area contributed by atoms with E-state index in [0.717, 1.165) is 12.1 Å². The number of rotatable bonds is 4.